The Kier molecular flexibility index (Phi) is 6.69. The summed E-state index contributed by atoms with van der Waals surface area (Å²) in [4.78, 5) is 12.5. The van der Waals surface area contributed by atoms with E-state index in [1.165, 1.54) is 4.68 Å². The second-order valence-corrected chi connectivity index (χ2v) is 8.99. The Morgan fingerprint density at radius 3 is 2.46 bits per heavy atom. The number of nitrogens with zero attached hydrogens (tertiary/aromatic N) is 4. The Hall–Kier alpha value is -1.97. The second kappa shape index (κ2) is 9.02. The number of hydrogen-bond donors (Lipinski definition) is 0. The number of sulfonamides is 1. The molecule has 0 atom stereocenters. The lowest BCUT2D eigenvalue weighted by Crippen LogP contribution is -2.39. The predicted molar refractivity (Wildman–Crippen MR) is 107 cm³/mol. The van der Waals surface area contributed by atoms with Crippen LogP contribution < -0.4 is 5.69 Å². The number of benzene rings is 1. The molecule has 0 radical (unpaired) electrons. The van der Waals surface area contributed by atoms with E-state index >= 15 is 0 Å². The molecule has 1 aromatic carbocycles. The highest BCUT2D eigenvalue weighted by Gasteiger charge is 2.31. The van der Waals surface area contributed by atoms with Crippen molar-refractivity contribution in [1.82, 2.24) is 18.7 Å². The average Bonchev–Trinajstić information content (AvgIpc) is 3.02. The lowest BCUT2D eigenvalue weighted by atomic mass is 9.97. The van der Waals surface area contributed by atoms with Gasteiger partial charge in [-0.1, -0.05) is 30.3 Å². The zero-order chi connectivity index (χ0) is 20.1. The van der Waals surface area contributed by atoms with Gasteiger partial charge in [0, 0.05) is 32.7 Å². The number of piperidine rings is 1. The molecule has 154 valence electrons. The molecule has 0 spiro atoms. The topological polar surface area (TPSA) is 86.4 Å². The highest BCUT2D eigenvalue weighted by Crippen LogP contribution is 2.28. The molecule has 8 nitrogen and oxygen atoms in total. The molecule has 1 aliphatic rings. The fraction of sp³-hybridized carbons (Fsp3) is 0.579. The number of aromatic nitrogens is 3. The summed E-state index contributed by atoms with van der Waals surface area (Å²) in [6, 6.07) is 9.23. The first kappa shape index (κ1) is 20.8. The molecule has 0 amide bonds. The van der Waals surface area contributed by atoms with Crippen molar-refractivity contribution in [2.45, 2.75) is 44.5 Å². The predicted octanol–water partition coefficient (Wildman–Crippen LogP) is 1.42. The summed E-state index contributed by atoms with van der Waals surface area (Å²) in [5.74, 6) is 0.854. The van der Waals surface area contributed by atoms with Gasteiger partial charge in [-0.15, -0.1) is 0 Å². The fourth-order valence-electron chi connectivity index (χ4n) is 3.65. The summed E-state index contributed by atoms with van der Waals surface area (Å²) in [6.07, 6.45) is 1.32. The van der Waals surface area contributed by atoms with Gasteiger partial charge in [0.05, 0.1) is 18.9 Å². The van der Waals surface area contributed by atoms with Crippen LogP contribution in [0, 0.1) is 0 Å². The van der Waals surface area contributed by atoms with Crippen molar-refractivity contribution in [3.8, 4) is 0 Å². The zero-order valence-electron chi connectivity index (χ0n) is 16.5. The number of ether oxygens (including phenoxy) is 1. The fourth-order valence-corrected chi connectivity index (χ4v) is 5.21. The quantitative estimate of drug-likeness (QED) is 0.659. The van der Waals surface area contributed by atoms with Crippen LogP contribution in [0.15, 0.2) is 35.1 Å². The van der Waals surface area contributed by atoms with Gasteiger partial charge < -0.3 is 4.74 Å². The van der Waals surface area contributed by atoms with Crippen LogP contribution in [-0.4, -0.2) is 53.9 Å². The number of rotatable bonds is 8. The van der Waals surface area contributed by atoms with Gasteiger partial charge in [0.1, 0.15) is 5.82 Å². The molecular weight excluding hydrogens is 380 g/mol. The lowest BCUT2D eigenvalue weighted by Gasteiger charge is -2.30. The molecule has 0 aliphatic carbocycles. The van der Waals surface area contributed by atoms with E-state index in [-0.39, 0.29) is 17.4 Å². The third-order valence-corrected chi connectivity index (χ3v) is 7.03. The van der Waals surface area contributed by atoms with E-state index in [0.29, 0.717) is 45.6 Å². The average molecular weight is 409 g/mol. The van der Waals surface area contributed by atoms with E-state index in [1.807, 2.05) is 37.3 Å². The van der Waals surface area contributed by atoms with Crippen LogP contribution >= 0.6 is 0 Å². The molecule has 1 aliphatic heterocycles. The lowest BCUT2D eigenvalue weighted by molar-refractivity contribution is 0.182. The zero-order valence-corrected chi connectivity index (χ0v) is 17.3. The van der Waals surface area contributed by atoms with Crippen LogP contribution in [0.1, 0.15) is 37.1 Å². The normalized spacial score (nSPS) is 16.5. The van der Waals surface area contributed by atoms with Crippen LogP contribution in [-0.2, 0) is 33.6 Å². The second-order valence-electron chi connectivity index (χ2n) is 7.02. The molecule has 0 saturated carbocycles. The van der Waals surface area contributed by atoms with Crippen molar-refractivity contribution in [2.24, 2.45) is 0 Å². The number of hydrogen-bond acceptors (Lipinski definition) is 5. The summed E-state index contributed by atoms with van der Waals surface area (Å²) >= 11 is 0. The van der Waals surface area contributed by atoms with Gasteiger partial charge in [-0.3, -0.25) is 4.57 Å². The smallest absolute Gasteiger partial charge is 0.345 e. The van der Waals surface area contributed by atoms with Crippen LogP contribution in [0.3, 0.4) is 0 Å². The maximum atomic E-state index is 12.7. The first-order valence-corrected chi connectivity index (χ1v) is 11.3. The maximum Gasteiger partial charge on any atom is 0.345 e. The first-order chi connectivity index (χ1) is 13.5. The molecule has 2 aromatic rings. The molecule has 3 rings (SSSR count). The van der Waals surface area contributed by atoms with Crippen LogP contribution in [0.25, 0.3) is 0 Å². The summed E-state index contributed by atoms with van der Waals surface area (Å²) < 4.78 is 35.2. The molecule has 1 fully saturated rings. The van der Waals surface area contributed by atoms with Crippen LogP contribution in [0.5, 0.6) is 0 Å². The molecule has 28 heavy (non-hydrogen) atoms. The minimum atomic E-state index is -3.35. The number of methoxy groups -OCH3 is 1. The van der Waals surface area contributed by atoms with Crippen molar-refractivity contribution in [3.63, 3.8) is 0 Å². The van der Waals surface area contributed by atoms with Crippen molar-refractivity contribution >= 4 is 10.0 Å². The van der Waals surface area contributed by atoms with Crippen LogP contribution in [0.2, 0.25) is 0 Å². The maximum absolute atomic E-state index is 12.7. The van der Waals surface area contributed by atoms with Gasteiger partial charge in [-0.05, 0) is 25.3 Å². The Morgan fingerprint density at radius 1 is 1.18 bits per heavy atom. The first-order valence-electron chi connectivity index (χ1n) is 9.64. The Bertz CT molecular complexity index is 929. The Balaban J connectivity index is 1.69. The summed E-state index contributed by atoms with van der Waals surface area (Å²) in [7, 11) is -1.76. The van der Waals surface area contributed by atoms with Gasteiger partial charge in [-0.2, -0.15) is 5.10 Å². The summed E-state index contributed by atoms with van der Waals surface area (Å²) in [5.41, 5.74) is 0.662. The third-order valence-electron chi connectivity index (χ3n) is 5.18. The van der Waals surface area contributed by atoms with Crippen molar-refractivity contribution in [3.05, 3.63) is 52.2 Å². The summed E-state index contributed by atoms with van der Waals surface area (Å²) in [5, 5.41) is 4.52. The monoisotopic (exact) mass is 408 g/mol. The molecule has 1 aromatic heterocycles. The molecule has 1 saturated heterocycles. The van der Waals surface area contributed by atoms with Gasteiger partial charge >= 0.3 is 5.69 Å². The highest BCUT2D eigenvalue weighted by atomic mass is 32.2. The molecule has 2 heterocycles. The van der Waals surface area contributed by atoms with Gasteiger partial charge in [0.15, 0.2) is 0 Å². The van der Waals surface area contributed by atoms with Gasteiger partial charge in [0.25, 0.3) is 0 Å². The minimum Gasteiger partial charge on any atom is -0.383 e. The largest absolute Gasteiger partial charge is 0.383 e. The van der Waals surface area contributed by atoms with Crippen molar-refractivity contribution in [2.75, 3.05) is 26.8 Å². The van der Waals surface area contributed by atoms with Gasteiger partial charge in [0.2, 0.25) is 10.0 Å². The summed E-state index contributed by atoms with van der Waals surface area (Å²) in [6.45, 7) is 4.21. The Morgan fingerprint density at radius 2 is 1.86 bits per heavy atom. The SMILES string of the molecule is CCn1c(C2CCN(S(=O)(=O)Cc3ccccc3)CC2)nn(CCOC)c1=O. The van der Waals surface area contributed by atoms with Crippen molar-refractivity contribution in [1.29, 1.82) is 0 Å². The third kappa shape index (κ3) is 4.53. The molecule has 0 bridgehead atoms. The highest BCUT2D eigenvalue weighted by molar-refractivity contribution is 7.88. The van der Waals surface area contributed by atoms with Crippen molar-refractivity contribution < 1.29 is 13.2 Å². The van der Waals surface area contributed by atoms with E-state index in [0.717, 1.165) is 11.4 Å². The molecule has 0 unspecified atom stereocenters. The van der Waals surface area contributed by atoms with E-state index in [9.17, 15) is 13.2 Å². The van der Waals surface area contributed by atoms with E-state index < -0.39 is 10.0 Å². The Labute approximate surface area is 165 Å². The van der Waals surface area contributed by atoms with E-state index in [2.05, 4.69) is 5.10 Å². The molecule has 0 N–H and O–H groups in total. The van der Waals surface area contributed by atoms with Crippen LogP contribution in [0.4, 0.5) is 0 Å². The minimum absolute atomic E-state index is 0.0177. The molecule has 9 heteroatoms. The molecular formula is C19H28N4O4S. The standard InChI is InChI=1S/C19H28N4O4S/c1-3-22-18(20-23(19(22)24)13-14-27-2)17-9-11-21(12-10-17)28(25,26)15-16-7-5-4-6-8-16/h4-8,17H,3,9-15H2,1-2H3. The van der Waals surface area contributed by atoms with E-state index in [4.69, 9.17) is 4.74 Å². The van der Waals surface area contributed by atoms with E-state index in [1.54, 1.807) is 16.0 Å². The van der Waals surface area contributed by atoms with Gasteiger partial charge in [-0.25, -0.2) is 22.2 Å².